The lowest BCUT2D eigenvalue weighted by molar-refractivity contribution is -0.117. The molecule has 4 nitrogen and oxygen atoms in total. The molecule has 2 aromatic carbocycles. The first-order chi connectivity index (χ1) is 11.1. The second kappa shape index (κ2) is 6.38. The van der Waals surface area contributed by atoms with Crippen LogP contribution in [0.2, 0.25) is 0 Å². The second-order valence-corrected chi connectivity index (χ2v) is 5.83. The van der Waals surface area contributed by atoms with Gasteiger partial charge in [0, 0.05) is 12.5 Å². The minimum atomic E-state index is -0.460. The van der Waals surface area contributed by atoms with Gasteiger partial charge in [-0.05, 0) is 43.3 Å². The molecule has 0 saturated carbocycles. The molecule has 0 spiro atoms. The lowest BCUT2D eigenvalue weighted by atomic mass is 9.89. The van der Waals surface area contributed by atoms with Crippen molar-refractivity contribution in [3.05, 3.63) is 59.4 Å². The highest BCUT2D eigenvalue weighted by molar-refractivity contribution is 6.04. The zero-order valence-corrected chi connectivity index (χ0v) is 13.2. The number of amides is 1. The van der Waals surface area contributed by atoms with Crippen molar-refractivity contribution in [1.29, 1.82) is 0 Å². The number of carbonyl (C=O) groups excluding carboxylic acids is 1. The minimum absolute atomic E-state index is 0.101. The third kappa shape index (κ3) is 3.05. The van der Waals surface area contributed by atoms with Gasteiger partial charge in [0.2, 0.25) is 5.91 Å². The molecule has 0 bridgehead atoms. The van der Waals surface area contributed by atoms with E-state index in [9.17, 15) is 9.18 Å². The lowest BCUT2D eigenvalue weighted by Gasteiger charge is -2.33. The monoisotopic (exact) mass is 313 g/mol. The number of nitrogens with one attached hydrogen (secondary N) is 3. The van der Waals surface area contributed by atoms with Gasteiger partial charge in [-0.3, -0.25) is 4.79 Å². The Morgan fingerprint density at radius 2 is 2.04 bits per heavy atom. The maximum atomic E-state index is 13.6. The van der Waals surface area contributed by atoms with Crippen LogP contribution in [0.1, 0.15) is 17.0 Å². The van der Waals surface area contributed by atoms with Gasteiger partial charge in [0.1, 0.15) is 11.9 Å². The van der Waals surface area contributed by atoms with Crippen LogP contribution in [0.5, 0.6) is 0 Å². The summed E-state index contributed by atoms with van der Waals surface area (Å²) in [6.07, 6.45) is 0. The van der Waals surface area contributed by atoms with E-state index in [0.29, 0.717) is 6.54 Å². The van der Waals surface area contributed by atoms with Crippen LogP contribution in [0, 0.1) is 12.7 Å². The summed E-state index contributed by atoms with van der Waals surface area (Å²) in [5.41, 5.74) is 3.52. The van der Waals surface area contributed by atoms with E-state index in [1.54, 1.807) is 6.07 Å². The topological polar surface area (TPSA) is 53.2 Å². The van der Waals surface area contributed by atoms with E-state index in [1.807, 2.05) is 38.2 Å². The maximum Gasteiger partial charge on any atom is 0.247 e. The Kier molecular flexibility index (Phi) is 4.30. The number of carbonyl (C=O) groups is 1. The van der Waals surface area contributed by atoms with Crippen LogP contribution in [0.4, 0.5) is 15.8 Å². The van der Waals surface area contributed by atoms with Gasteiger partial charge in [-0.2, -0.15) is 0 Å². The summed E-state index contributed by atoms with van der Waals surface area (Å²) in [5, 5.41) is 9.39. The molecule has 2 atom stereocenters. The number of hydrogen-bond acceptors (Lipinski definition) is 3. The average molecular weight is 313 g/mol. The number of hydrogen-bond donors (Lipinski definition) is 3. The number of likely N-dealkylation sites (N-methyl/N-ethyl adjacent to an activating group) is 1. The predicted octanol–water partition coefficient (Wildman–Crippen LogP) is 2.87. The predicted molar refractivity (Wildman–Crippen MR) is 90.3 cm³/mol. The number of fused-ring (bicyclic) bond motifs is 1. The highest BCUT2D eigenvalue weighted by atomic mass is 19.1. The van der Waals surface area contributed by atoms with Gasteiger partial charge in [-0.1, -0.05) is 24.3 Å². The molecule has 1 heterocycles. The SMILES string of the molecule is CNCC(c1cccc(F)c1)C1Nc2cccc(C)c2NC1=O. The van der Waals surface area contributed by atoms with Gasteiger partial charge < -0.3 is 16.0 Å². The van der Waals surface area contributed by atoms with Crippen molar-refractivity contribution in [1.82, 2.24) is 5.32 Å². The van der Waals surface area contributed by atoms with Gasteiger partial charge in [0.05, 0.1) is 11.4 Å². The molecular formula is C18H20FN3O. The van der Waals surface area contributed by atoms with Crippen molar-refractivity contribution < 1.29 is 9.18 Å². The number of benzene rings is 2. The zero-order chi connectivity index (χ0) is 16.4. The average Bonchev–Trinajstić information content (AvgIpc) is 2.53. The van der Waals surface area contributed by atoms with Gasteiger partial charge in [0.25, 0.3) is 0 Å². The molecule has 3 N–H and O–H groups in total. The van der Waals surface area contributed by atoms with Crippen LogP contribution in [0.15, 0.2) is 42.5 Å². The third-order valence-corrected chi connectivity index (χ3v) is 4.22. The van der Waals surface area contributed by atoms with Crippen LogP contribution in [0.3, 0.4) is 0 Å². The number of anilines is 2. The maximum absolute atomic E-state index is 13.6. The first-order valence-electron chi connectivity index (χ1n) is 7.67. The molecule has 1 aliphatic rings. The van der Waals surface area contributed by atoms with E-state index < -0.39 is 6.04 Å². The molecule has 23 heavy (non-hydrogen) atoms. The van der Waals surface area contributed by atoms with Crippen molar-refractivity contribution in [3.63, 3.8) is 0 Å². The first-order valence-corrected chi connectivity index (χ1v) is 7.67. The normalized spacial score (nSPS) is 17.9. The Morgan fingerprint density at radius 3 is 2.78 bits per heavy atom. The fourth-order valence-electron chi connectivity index (χ4n) is 3.06. The first kappa shape index (κ1) is 15.5. The lowest BCUT2D eigenvalue weighted by Crippen LogP contribution is -2.45. The van der Waals surface area contributed by atoms with Crippen molar-refractivity contribution in [2.45, 2.75) is 18.9 Å². The van der Waals surface area contributed by atoms with Crippen LogP contribution in [-0.4, -0.2) is 25.5 Å². The zero-order valence-electron chi connectivity index (χ0n) is 13.2. The van der Waals surface area contributed by atoms with E-state index in [-0.39, 0.29) is 17.6 Å². The van der Waals surface area contributed by atoms with E-state index in [0.717, 1.165) is 22.5 Å². The summed E-state index contributed by atoms with van der Waals surface area (Å²) < 4.78 is 13.6. The van der Waals surface area contributed by atoms with Gasteiger partial charge in [-0.25, -0.2) is 4.39 Å². The summed E-state index contributed by atoms with van der Waals surface area (Å²) in [6, 6.07) is 11.8. The van der Waals surface area contributed by atoms with Crippen LogP contribution in [0.25, 0.3) is 0 Å². The summed E-state index contributed by atoms with van der Waals surface area (Å²) in [6.45, 7) is 2.52. The Morgan fingerprint density at radius 1 is 1.26 bits per heavy atom. The molecule has 0 fully saturated rings. The Balaban J connectivity index is 1.96. The fraction of sp³-hybridized carbons (Fsp3) is 0.278. The summed E-state index contributed by atoms with van der Waals surface area (Å²) >= 11 is 0. The summed E-state index contributed by atoms with van der Waals surface area (Å²) in [7, 11) is 1.82. The molecule has 0 aliphatic carbocycles. The van der Waals surface area contributed by atoms with E-state index >= 15 is 0 Å². The smallest absolute Gasteiger partial charge is 0.247 e. The molecule has 1 aliphatic heterocycles. The highest BCUT2D eigenvalue weighted by Crippen LogP contribution is 2.33. The Bertz CT molecular complexity index is 732. The highest BCUT2D eigenvalue weighted by Gasteiger charge is 2.33. The minimum Gasteiger partial charge on any atom is -0.371 e. The molecule has 0 aromatic heterocycles. The molecule has 2 aromatic rings. The number of aryl methyl sites for hydroxylation is 1. The number of rotatable bonds is 4. The second-order valence-electron chi connectivity index (χ2n) is 5.83. The van der Waals surface area contributed by atoms with Crippen molar-refractivity contribution >= 4 is 17.3 Å². The largest absolute Gasteiger partial charge is 0.371 e. The summed E-state index contributed by atoms with van der Waals surface area (Å²) in [5.74, 6) is -0.572. The molecule has 1 amide bonds. The number of para-hydroxylation sites is 1. The molecule has 2 unspecified atom stereocenters. The van der Waals surface area contributed by atoms with Gasteiger partial charge in [0.15, 0.2) is 0 Å². The third-order valence-electron chi connectivity index (χ3n) is 4.22. The van der Waals surface area contributed by atoms with Crippen LogP contribution >= 0.6 is 0 Å². The van der Waals surface area contributed by atoms with Crippen molar-refractivity contribution in [2.24, 2.45) is 0 Å². The molecule has 120 valence electrons. The van der Waals surface area contributed by atoms with Crippen LogP contribution in [-0.2, 0) is 4.79 Å². The van der Waals surface area contributed by atoms with E-state index in [1.165, 1.54) is 12.1 Å². The molecule has 3 rings (SSSR count). The Labute approximate surface area is 135 Å². The molecule has 0 saturated heterocycles. The van der Waals surface area contributed by atoms with Crippen LogP contribution < -0.4 is 16.0 Å². The molecular weight excluding hydrogens is 293 g/mol. The van der Waals surface area contributed by atoms with Gasteiger partial charge >= 0.3 is 0 Å². The molecule has 0 radical (unpaired) electrons. The molecule has 5 heteroatoms. The number of halogens is 1. The van der Waals surface area contributed by atoms with Crippen molar-refractivity contribution in [2.75, 3.05) is 24.2 Å². The summed E-state index contributed by atoms with van der Waals surface area (Å²) in [4.78, 5) is 12.6. The van der Waals surface area contributed by atoms with Crippen molar-refractivity contribution in [3.8, 4) is 0 Å². The quantitative estimate of drug-likeness (QED) is 0.813. The fourth-order valence-corrected chi connectivity index (χ4v) is 3.06. The van der Waals surface area contributed by atoms with Gasteiger partial charge in [-0.15, -0.1) is 0 Å². The Hall–Kier alpha value is -2.40. The standard InChI is InChI=1S/C18H20FN3O/c1-11-5-3-8-15-16(11)22-18(23)17(21-15)14(10-20-2)12-6-4-7-13(19)9-12/h3-9,14,17,20-21H,10H2,1-2H3,(H,22,23). The van der Waals surface area contributed by atoms with E-state index in [4.69, 9.17) is 0 Å². The van der Waals surface area contributed by atoms with E-state index in [2.05, 4.69) is 16.0 Å².